The average molecular weight is 246 g/mol. The first-order valence-electron chi connectivity index (χ1n) is 5.84. The molecule has 1 aliphatic heterocycles. The lowest BCUT2D eigenvalue weighted by molar-refractivity contribution is 0.361. The number of hydrogen-bond donors (Lipinski definition) is 2. The smallest absolute Gasteiger partial charge is 0.423 e. The molecule has 7 heteroatoms. The van der Waals surface area contributed by atoms with E-state index in [0.29, 0.717) is 17.8 Å². The van der Waals surface area contributed by atoms with Gasteiger partial charge in [-0.1, -0.05) is 38.1 Å². The zero-order valence-electron chi connectivity index (χ0n) is 10.4. The molecule has 1 aromatic rings. The van der Waals surface area contributed by atoms with E-state index < -0.39 is 12.8 Å². The van der Waals surface area contributed by atoms with Crippen molar-refractivity contribution in [1.29, 1.82) is 0 Å². The molecule has 2 N–H and O–H groups in total. The zero-order chi connectivity index (χ0) is 13.2. The maximum Gasteiger partial charge on any atom is 0.488 e. The Balaban J connectivity index is 2.32. The predicted octanol–water partition coefficient (Wildman–Crippen LogP) is 1.40. The van der Waals surface area contributed by atoms with E-state index in [9.17, 15) is 0 Å². The summed E-state index contributed by atoms with van der Waals surface area (Å²) < 4.78 is 0. The molecule has 0 atom stereocenters. The van der Waals surface area contributed by atoms with Gasteiger partial charge in [0.15, 0.2) is 0 Å². The van der Waals surface area contributed by atoms with E-state index in [0.717, 1.165) is 5.56 Å². The second-order valence-electron chi connectivity index (χ2n) is 4.79. The lowest BCUT2D eigenvalue weighted by Gasteiger charge is -2.22. The Bertz CT molecular complexity index is 458. The van der Waals surface area contributed by atoms with Gasteiger partial charge in [-0.05, 0) is 21.8 Å². The summed E-state index contributed by atoms with van der Waals surface area (Å²) in [7, 11) is -1.47. The highest BCUT2D eigenvalue weighted by atomic mass is 16.4. The Morgan fingerprint density at radius 3 is 2.11 bits per heavy atom. The topological polar surface area (TPSA) is 89.9 Å². The van der Waals surface area contributed by atoms with E-state index >= 15 is 0 Å². The standard InChI is InChI=1S/C11H15BN4O2/c1-8(2)7-11(13-15-16-14-11)9-3-5-10(6-4-9)12(17)18/h3-6,8,17-18H,7H2,1-2H3. The van der Waals surface area contributed by atoms with Gasteiger partial charge >= 0.3 is 7.12 Å². The van der Waals surface area contributed by atoms with Gasteiger partial charge in [0.05, 0.1) is 0 Å². The third-order valence-corrected chi connectivity index (χ3v) is 2.82. The monoisotopic (exact) mass is 246 g/mol. The Morgan fingerprint density at radius 1 is 1.11 bits per heavy atom. The molecule has 0 spiro atoms. The van der Waals surface area contributed by atoms with Gasteiger partial charge in [-0.3, -0.25) is 0 Å². The molecule has 0 aromatic heterocycles. The highest BCUT2D eigenvalue weighted by Crippen LogP contribution is 2.37. The molecule has 94 valence electrons. The molecule has 1 aliphatic rings. The summed E-state index contributed by atoms with van der Waals surface area (Å²) in [5.74, 6) is 0.393. The van der Waals surface area contributed by atoms with Crippen molar-refractivity contribution < 1.29 is 10.0 Å². The van der Waals surface area contributed by atoms with E-state index in [1.165, 1.54) is 0 Å². The molecule has 0 aliphatic carbocycles. The summed E-state index contributed by atoms with van der Waals surface area (Å²) >= 11 is 0. The van der Waals surface area contributed by atoms with Crippen LogP contribution in [0.25, 0.3) is 0 Å². The van der Waals surface area contributed by atoms with E-state index in [2.05, 4.69) is 34.5 Å². The van der Waals surface area contributed by atoms with Gasteiger partial charge < -0.3 is 10.0 Å². The quantitative estimate of drug-likeness (QED) is 0.786. The normalized spacial score (nSPS) is 16.5. The van der Waals surface area contributed by atoms with Crippen LogP contribution < -0.4 is 5.46 Å². The summed E-state index contributed by atoms with van der Waals surface area (Å²) in [5, 5.41) is 33.6. The fourth-order valence-electron chi connectivity index (χ4n) is 2.01. The van der Waals surface area contributed by atoms with E-state index in [1.807, 2.05) is 0 Å². The van der Waals surface area contributed by atoms with E-state index in [4.69, 9.17) is 10.0 Å². The highest BCUT2D eigenvalue weighted by Gasteiger charge is 2.36. The SMILES string of the molecule is CC(C)CC1(c2ccc(B(O)O)cc2)N=NN=N1. The van der Waals surface area contributed by atoms with Crippen molar-refractivity contribution in [2.24, 2.45) is 26.6 Å². The minimum absolute atomic E-state index is 0.393. The molecule has 6 nitrogen and oxygen atoms in total. The number of benzene rings is 1. The first-order valence-corrected chi connectivity index (χ1v) is 5.84. The lowest BCUT2D eigenvalue weighted by atomic mass is 9.79. The van der Waals surface area contributed by atoms with Gasteiger partial charge in [0, 0.05) is 12.0 Å². The first kappa shape index (κ1) is 12.9. The predicted molar refractivity (Wildman–Crippen MR) is 67.1 cm³/mol. The van der Waals surface area contributed by atoms with Crippen molar-refractivity contribution in [2.75, 3.05) is 0 Å². The Kier molecular flexibility index (Phi) is 3.54. The van der Waals surface area contributed by atoms with Gasteiger partial charge in [0.2, 0.25) is 5.66 Å². The first-order chi connectivity index (χ1) is 8.53. The van der Waals surface area contributed by atoms with Crippen molar-refractivity contribution in [1.82, 2.24) is 0 Å². The molecular weight excluding hydrogens is 231 g/mol. The summed E-state index contributed by atoms with van der Waals surface area (Å²) in [6, 6.07) is 6.85. The van der Waals surface area contributed by atoms with Crippen LogP contribution in [0.5, 0.6) is 0 Å². The van der Waals surface area contributed by atoms with Crippen LogP contribution >= 0.6 is 0 Å². The van der Waals surface area contributed by atoms with Gasteiger partial charge in [-0.2, -0.15) is 0 Å². The Morgan fingerprint density at radius 2 is 1.67 bits per heavy atom. The van der Waals surface area contributed by atoms with Gasteiger partial charge in [0.25, 0.3) is 0 Å². The maximum absolute atomic E-state index is 9.06. The molecule has 0 bridgehead atoms. The van der Waals surface area contributed by atoms with Crippen LogP contribution in [0.3, 0.4) is 0 Å². The molecule has 2 rings (SSSR count). The minimum Gasteiger partial charge on any atom is -0.423 e. The third-order valence-electron chi connectivity index (χ3n) is 2.82. The molecule has 1 aromatic carbocycles. The molecule has 0 unspecified atom stereocenters. The largest absolute Gasteiger partial charge is 0.488 e. The van der Waals surface area contributed by atoms with Crippen molar-refractivity contribution in [3.8, 4) is 0 Å². The fraction of sp³-hybridized carbons (Fsp3) is 0.455. The molecule has 0 radical (unpaired) electrons. The van der Waals surface area contributed by atoms with Crippen LogP contribution in [0, 0.1) is 5.92 Å². The minimum atomic E-state index is -1.47. The number of rotatable bonds is 4. The van der Waals surface area contributed by atoms with Gasteiger partial charge in [-0.15, -0.1) is 10.2 Å². The molecule has 0 saturated heterocycles. The van der Waals surface area contributed by atoms with Gasteiger partial charge in [-0.25, -0.2) is 0 Å². The van der Waals surface area contributed by atoms with Crippen LogP contribution in [0.15, 0.2) is 44.9 Å². The molecule has 0 saturated carbocycles. The summed E-state index contributed by atoms with van der Waals surface area (Å²) in [6.45, 7) is 4.16. The van der Waals surface area contributed by atoms with E-state index in [1.54, 1.807) is 24.3 Å². The van der Waals surface area contributed by atoms with Crippen LogP contribution in [0.1, 0.15) is 25.8 Å². The van der Waals surface area contributed by atoms with Crippen molar-refractivity contribution >= 4 is 12.6 Å². The number of hydrogen-bond acceptors (Lipinski definition) is 6. The van der Waals surface area contributed by atoms with Crippen molar-refractivity contribution in [2.45, 2.75) is 25.9 Å². The second-order valence-corrected chi connectivity index (χ2v) is 4.79. The van der Waals surface area contributed by atoms with Crippen LogP contribution in [-0.4, -0.2) is 17.2 Å². The Hall–Kier alpha value is -1.60. The van der Waals surface area contributed by atoms with Crippen LogP contribution in [-0.2, 0) is 5.66 Å². The molecule has 1 heterocycles. The molecule has 0 amide bonds. The Labute approximate surface area is 106 Å². The zero-order valence-corrected chi connectivity index (χ0v) is 10.4. The lowest BCUT2D eigenvalue weighted by Crippen LogP contribution is -2.30. The molecule has 0 fully saturated rings. The maximum atomic E-state index is 9.06. The molecule has 18 heavy (non-hydrogen) atoms. The van der Waals surface area contributed by atoms with Crippen molar-refractivity contribution in [3.05, 3.63) is 29.8 Å². The van der Waals surface area contributed by atoms with Crippen LogP contribution in [0.4, 0.5) is 0 Å². The highest BCUT2D eigenvalue weighted by molar-refractivity contribution is 6.58. The van der Waals surface area contributed by atoms with Gasteiger partial charge in [0.1, 0.15) is 0 Å². The molecular formula is C11H15BN4O2. The summed E-state index contributed by atoms with van der Waals surface area (Å²) in [4.78, 5) is 0. The van der Waals surface area contributed by atoms with Crippen molar-refractivity contribution in [3.63, 3.8) is 0 Å². The summed E-state index contributed by atoms with van der Waals surface area (Å²) in [5.41, 5.74) is 0.531. The number of nitrogens with zero attached hydrogens (tertiary/aromatic N) is 4. The third kappa shape index (κ3) is 2.47. The summed E-state index contributed by atoms with van der Waals surface area (Å²) in [6.07, 6.45) is 0.709. The van der Waals surface area contributed by atoms with E-state index in [-0.39, 0.29) is 0 Å². The second kappa shape index (κ2) is 4.95. The average Bonchev–Trinajstić information content (AvgIpc) is 2.78. The fourth-order valence-corrected chi connectivity index (χ4v) is 2.01. The van der Waals surface area contributed by atoms with Crippen LogP contribution in [0.2, 0.25) is 0 Å².